The minimum Gasteiger partial charge on any atom is -0.293 e. The third kappa shape index (κ3) is 2.93. The zero-order chi connectivity index (χ0) is 10.7. The Morgan fingerprint density at radius 1 is 1.53 bits per heavy atom. The van der Waals surface area contributed by atoms with Gasteiger partial charge in [0.2, 0.25) is 0 Å². The summed E-state index contributed by atoms with van der Waals surface area (Å²) in [5, 5.41) is 0. The first kappa shape index (κ1) is 10.9. The van der Waals surface area contributed by atoms with E-state index in [4.69, 9.17) is 11.6 Å². The van der Waals surface area contributed by atoms with E-state index in [-0.39, 0.29) is 0 Å². The molecule has 0 radical (unpaired) electrons. The summed E-state index contributed by atoms with van der Waals surface area (Å²) in [6.45, 7) is 4.04. The minimum atomic E-state index is 0.711. The first-order chi connectivity index (χ1) is 7.31. The molecule has 1 heterocycles. The minimum absolute atomic E-state index is 0.711. The van der Waals surface area contributed by atoms with Crippen LogP contribution in [0.1, 0.15) is 24.1 Å². The van der Waals surface area contributed by atoms with Crippen LogP contribution in [0.15, 0.2) is 18.3 Å². The van der Waals surface area contributed by atoms with Crippen molar-refractivity contribution in [2.24, 2.45) is 0 Å². The van der Waals surface area contributed by atoms with Crippen molar-refractivity contribution in [1.82, 2.24) is 9.88 Å². The van der Waals surface area contributed by atoms with E-state index in [0.717, 1.165) is 19.1 Å². The van der Waals surface area contributed by atoms with E-state index in [2.05, 4.69) is 22.9 Å². The van der Waals surface area contributed by atoms with Crippen LogP contribution in [0, 0.1) is 6.92 Å². The normalized spacial score (nSPS) is 15.9. The van der Waals surface area contributed by atoms with Gasteiger partial charge in [-0.2, -0.15) is 0 Å². The average molecular weight is 225 g/mol. The molecule has 0 saturated heterocycles. The lowest BCUT2D eigenvalue weighted by atomic mass is 10.2. The molecule has 0 spiro atoms. The van der Waals surface area contributed by atoms with Gasteiger partial charge in [-0.1, -0.05) is 6.07 Å². The summed E-state index contributed by atoms with van der Waals surface area (Å²) in [6, 6.07) is 4.86. The molecule has 1 fully saturated rings. The molecule has 0 bridgehead atoms. The van der Waals surface area contributed by atoms with E-state index >= 15 is 0 Å². The molecular formula is C12H17ClN2. The van der Waals surface area contributed by atoms with Crippen LogP contribution in [0.4, 0.5) is 0 Å². The Hall–Kier alpha value is -0.600. The lowest BCUT2D eigenvalue weighted by Crippen LogP contribution is -2.28. The number of aromatic nitrogens is 1. The fourth-order valence-electron chi connectivity index (χ4n) is 1.82. The Morgan fingerprint density at radius 3 is 2.93 bits per heavy atom. The maximum atomic E-state index is 5.81. The molecule has 1 aromatic heterocycles. The Labute approximate surface area is 96.3 Å². The highest BCUT2D eigenvalue weighted by molar-refractivity contribution is 6.18. The van der Waals surface area contributed by atoms with Crippen LogP contribution in [0.5, 0.6) is 0 Å². The summed E-state index contributed by atoms with van der Waals surface area (Å²) < 4.78 is 0. The summed E-state index contributed by atoms with van der Waals surface area (Å²) in [5.74, 6) is 0.711. The van der Waals surface area contributed by atoms with Crippen molar-refractivity contribution in [2.45, 2.75) is 32.4 Å². The van der Waals surface area contributed by atoms with Crippen molar-refractivity contribution in [1.29, 1.82) is 0 Å². The van der Waals surface area contributed by atoms with Gasteiger partial charge in [0.1, 0.15) is 0 Å². The molecule has 0 aliphatic heterocycles. The van der Waals surface area contributed by atoms with Crippen molar-refractivity contribution in [3.8, 4) is 0 Å². The first-order valence-corrected chi connectivity index (χ1v) is 6.05. The molecular weight excluding hydrogens is 208 g/mol. The second kappa shape index (κ2) is 4.95. The van der Waals surface area contributed by atoms with Gasteiger partial charge < -0.3 is 0 Å². The molecule has 3 heteroatoms. The predicted octanol–water partition coefficient (Wildman–Crippen LogP) is 2.59. The Kier molecular flexibility index (Phi) is 3.60. The predicted molar refractivity (Wildman–Crippen MR) is 63.1 cm³/mol. The number of hydrogen-bond acceptors (Lipinski definition) is 2. The maximum Gasteiger partial charge on any atom is 0.0573 e. The number of halogens is 1. The number of pyridine rings is 1. The first-order valence-electron chi connectivity index (χ1n) is 5.52. The summed E-state index contributed by atoms with van der Waals surface area (Å²) in [4.78, 5) is 6.87. The molecule has 1 aliphatic rings. The smallest absolute Gasteiger partial charge is 0.0573 e. The van der Waals surface area contributed by atoms with Crippen molar-refractivity contribution < 1.29 is 0 Å². The summed E-state index contributed by atoms with van der Waals surface area (Å²) in [6.07, 6.45) is 4.51. The van der Waals surface area contributed by atoms with Crippen LogP contribution in [0.3, 0.4) is 0 Å². The van der Waals surface area contributed by atoms with Gasteiger partial charge in [0.25, 0.3) is 0 Å². The van der Waals surface area contributed by atoms with Gasteiger partial charge in [-0.3, -0.25) is 9.88 Å². The van der Waals surface area contributed by atoms with Crippen molar-refractivity contribution in [3.63, 3.8) is 0 Å². The van der Waals surface area contributed by atoms with Gasteiger partial charge >= 0.3 is 0 Å². The van der Waals surface area contributed by atoms with Gasteiger partial charge in [0.05, 0.1) is 5.69 Å². The highest BCUT2D eigenvalue weighted by atomic mass is 35.5. The Bertz CT molecular complexity index is 323. The molecule has 0 atom stereocenters. The summed E-state index contributed by atoms with van der Waals surface area (Å²) in [7, 11) is 0. The lowest BCUT2D eigenvalue weighted by Gasteiger charge is -2.20. The molecule has 0 amide bonds. The molecule has 1 aromatic rings. The SMILES string of the molecule is Cc1cccnc1CN(CCCl)C1CC1. The molecule has 82 valence electrons. The fraction of sp³-hybridized carbons (Fsp3) is 0.583. The lowest BCUT2D eigenvalue weighted by molar-refractivity contribution is 0.267. The Balaban J connectivity index is 2.02. The monoisotopic (exact) mass is 224 g/mol. The number of alkyl halides is 1. The molecule has 2 rings (SSSR count). The Morgan fingerprint density at radius 2 is 2.33 bits per heavy atom. The molecule has 1 aliphatic carbocycles. The highest BCUT2D eigenvalue weighted by Crippen LogP contribution is 2.28. The van der Waals surface area contributed by atoms with Crippen LogP contribution in [-0.2, 0) is 6.54 Å². The van der Waals surface area contributed by atoms with Gasteiger partial charge in [-0.15, -0.1) is 11.6 Å². The highest BCUT2D eigenvalue weighted by Gasteiger charge is 2.28. The maximum absolute atomic E-state index is 5.81. The van der Waals surface area contributed by atoms with Crippen molar-refractivity contribution in [3.05, 3.63) is 29.6 Å². The molecule has 15 heavy (non-hydrogen) atoms. The van der Waals surface area contributed by atoms with E-state index in [9.17, 15) is 0 Å². The number of nitrogens with zero attached hydrogens (tertiary/aromatic N) is 2. The van der Waals surface area contributed by atoms with Crippen molar-refractivity contribution >= 4 is 11.6 Å². The number of rotatable bonds is 5. The second-order valence-electron chi connectivity index (χ2n) is 4.16. The van der Waals surface area contributed by atoms with E-state index in [1.165, 1.54) is 24.1 Å². The summed E-state index contributed by atoms with van der Waals surface area (Å²) >= 11 is 5.81. The van der Waals surface area contributed by atoms with E-state index in [0.29, 0.717) is 5.88 Å². The van der Waals surface area contributed by atoms with Crippen LogP contribution in [0.2, 0.25) is 0 Å². The van der Waals surface area contributed by atoms with Gasteiger partial charge in [0.15, 0.2) is 0 Å². The van der Waals surface area contributed by atoms with Crippen LogP contribution < -0.4 is 0 Å². The topological polar surface area (TPSA) is 16.1 Å². The third-order valence-corrected chi connectivity index (χ3v) is 3.07. The second-order valence-corrected chi connectivity index (χ2v) is 4.54. The van der Waals surface area contributed by atoms with Crippen LogP contribution in [-0.4, -0.2) is 28.4 Å². The van der Waals surface area contributed by atoms with Crippen LogP contribution >= 0.6 is 11.6 Å². The van der Waals surface area contributed by atoms with Gasteiger partial charge in [-0.05, 0) is 31.4 Å². The largest absolute Gasteiger partial charge is 0.293 e. The molecule has 0 unspecified atom stereocenters. The average Bonchev–Trinajstić information content (AvgIpc) is 3.04. The van der Waals surface area contributed by atoms with Crippen LogP contribution in [0.25, 0.3) is 0 Å². The van der Waals surface area contributed by atoms with E-state index in [1.807, 2.05) is 12.3 Å². The number of aryl methyl sites for hydroxylation is 1. The zero-order valence-electron chi connectivity index (χ0n) is 9.12. The zero-order valence-corrected chi connectivity index (χ0v) is 9.87. The van der Waals surface area contributed by atoms with Gasteiger partial charge in [0, 0.05) is 31.2 Å². The molecule has 0 N–H and O–H groups in total. The number of hydrogen-bond donors (Lipinski definition) is 0. The third-order valence-electron chi connectivity index (χ3n) is 2.91. The fourth-order valence-corrected chi connectivity index (χ4v) is 2.03. The molecule has 1 saturated carbocycles. The molecule has 2 nitrogen and oxygen atoms in total. The quantitative estimate of drug-likeness (QED) is 0.715. The van der Waals surface area contributed by atoms with E-state index in [1.54, 1.807) is 0 Å². The van der Waals surface area contributed by atoms with Crippen molar-refractivity contribution in [2.75, 3.05) is 12.4 Å². The standard InChI is InChI=1S/C12H17ClN2/c1-10-3-2-7-14-12(10)9-15(8-6-13)11-4-5-11/h2-3,7,11H,4-6,8-9H2,1H3. The van der Waals surface area contributed by atoms with Gasteiger partial charge in [-0.25, -0.2) is 0 Å². The van der Waals surface area contributed by atoms with E-state index < -0.39 is 0 Å². The molecule has 0 aromatic carbocycles. The summed E-state index contributed by atoms with van der Waals surface area (Å²) in [5.41, 5.74) is 2.47.